The van der Waals surface area contributed by atoms with Gasteiger partial charge in [-0.15, -0.1) is 0 Å². The van der Waals surface area contributed by atoms with Crippen LogP contribution >= 0.6 is 0 Å². The maximum Gasteiger partial charge on any atom is 0.410 e. The first-order valence-corrected chi connectivity index (χ1v) is 19.2. The van der Waals surface area contributed by atoms with Crippen molar-refractivity contribution in [1.29, 1.82) is 0 Å². The number of carbonyl (C=O) groups is 4. The number of carbonyl (C=O) groups excluding carboxylic acids is 3. The number of aliphatic hydroxyl groups is 4. The molecule has 2 amide bonds. The van der Waals surface area contributed by atoms with Crippen LogP contribution in [0.1, 0.15) is 48.1 Å². The summed E-state index contributed by atoms with van der Waals surface area (Å²) < 4.78 is 34.6. The molecule has 322 valence electrons. The number of anilines is 1. The number of aliphatic hydroxyl groups excluding tert-OH is 3. The molecule has 4 aliphatic heterocycles. The van der Waals surface area contributed by atoms with Crippen molar-refractivity contribution in [2.45, 2.75) is 82.9 Å². The lowest BCUT2D eigenvalue weighted by atomic mass is 9.89. The number of amides is 2. The van der Waals surface area contributed by atoms with Gasteiger partial charge in [0.2, 0.25) is 19.0 Å². The van der Waals surface area contributed by atoms with E-state index in [0.29, 0.717) is 50.5 Å². The molecule has 0 bridgehead atoms. The normalized spacial score (nSPS) is 23.4. The van der Waals surface area contributed by atoms with Gasteiger partial charge >= 0.3 is 18.0 Å². The molecule has 6 atom stereocenters. The van der Waals surface area contributed by atoms with Crippen molar-refractivity contribution in [2.75, 3.05) is 25.2 Å². The summed E-state index contributed by atoms with van der Waals surface area (Å²) in [7, 11) is 0. The molecule has 1 saturated heterocycles. The number of rotatable bonds is 11. The number of fused-ring (bicyclic) bond motifs is 6. The summed E-state index contributed by atoms with van der Waals surface area (Å²) in [5.74, 6) is -2.24. The number of hydrogen-bond acceptors (Lipinski definition) is 17. The van der Waals surface area contributed by atoms with Gasteiger partial charge < -0.3 is 74.5 Å². The van der Waals surface area contributed by atoms with E-state index in [0.717, 1.165) is 0 Å². The van der Waals surface area contributed by atoms with E-state index in [4.69, 9.17) is 39.1 Å². The number of ether oxygens (including phenoxy) is 6. The first-order chi connectivity index (χ1) is 29.1. The SMILES string of the molecule is CCN(Cc1c2c(nc3cc4c(cc13)OCO4)-c1cc3c(c(=O)n1C2)COC(=O)[C@@]3(C)O)C(=O)OCc1ccc(O[C@@H]2O[C@H](C(=O)O)[C@@H](O)[C@H](O)[C@H]2O)c(NC(=O)CCN)c1. The predicted octanol–water partition coefficient (Wildman–Crippen LogP) is 0.135. The molecule has 0 aliphatic carbocycles. The van der Waals surface area contributed by atoms with Crippen LogP contribution in [0.25, 0.3) is 22.3 Å². The number of esters is 1. The molecular weight excluding hydrogens is 806 g/mol. The van der Waals surface area contributed by atoms with Gasteiger partial charge in [-0.1, -0.05) is 6.07 Å². The van der Waals surface area contributed by atoms with Gasteiger partial charge in [0.1, 0.15) is 37.3 Å². The number of carboxylic acid groups (broad SMARTS) is 1. The van der Waals surface area contributed by atoms with Crippen LogP contribution in [-0.2, 0) is 60.5 Å². The van der Waals surface area contributed by atoms with Crippen LogP contribution in [0.2, 0.25) is 0 Å². The van der Waals surface area contributed by atoms with Gasteiger partial charge in [-0.3, -0.25) is 9.59 Å². The van der Waals surface area contributed by atoms with Gasteiger partial charge in [-0.25, -0.2) is 19.4 Å². The molecule has 2 aromatic carbocycles. The lowest BCUT2D eigenvalue weighted by Gasteiger charge is -2.38. The Hall–Kier alpha value is -6.36. The maximum absolute atomic E-state index is 13.9. The smallest absolute Gasteiger partial charge is 0.410 e. The first kappa shape index (κ1) is 41.4. The van der Waals surface area contributed by atoms with Crippen molar-refractivity contribution in [3.63, 3.8) is 0 Å². The minimum atomic E-state index is -2.07. The molecule has 0 radical (unpaired) electrons. The molecular formula is C40H41N5O16. The standard InChI is InChI=1S/C40H41N5O16/c1-3-44(39(54)57-14-17-4-5-26(24(8-17)42-29(46)6-7-41)60-37-33(49)31(47)32(48)34(61-37)36(51)52)12-19-18-9-27-28(59-16-58-27)11-23(18)43-30-20(19)13-45-25(30)10-22-21(35(45)50)15-56-38(53)40(22,2)55/h4-5,8-11,31-34,37,47-49,55H,3,6-7,12-16,41H2,1-2H3,(H,42,46)(H,51,52)/t31-,32-,33+,34-,37+,40-/m0/s1. The van der Waals surface area contributed by atoms with E-state index in [1.165, 1.54) is 34.6 Å². The minimum Gasteiger partial charge on any atom is -0.479 e. The zero-order chi connectivity index (χ0) is 43.5. The molecule has 0 saturated carbocycles. The van der Waals surface area contributed by atoms with Crippen molar-refractivity contribution < 1.29 is 73.1 Å². The lowest BCUT2D eigenvalue weighted by molar-refractivity contribution is -0.271. The highest BCUT2D eigenvalue weighted by atomic mass is 16.7. The van der Waals surface area contributed by atoms with Crippen LogP contribution in [0.3, 0.4) is 0 Å². The second-order valence-corrected chi connectivity index (χ2v) is 14.9. The van der Waals surface area contributed by atoms with Crippen molar-refractivity contribution in [3.8, 4) is 28.6 Å². The summed E-state index contributed by atoms with van der Waals surface area (Å²) in [4.78, 5) is 70.8. The molecule has 4 aromatic rings. The highest BCUT2D eigenvalue weighted by Gasteiger charge is 2.48. The summed E-state index contributed by atoms with van der Waals surface area (Å²) in [6.45, 7) is 2.58. The fraction of sp³-hybridized carbons (Fsp3) is 0.400. The van der Waals surface area contributed by atoms with Gasteiger partial charge in [0.05, 0.1) is 41.2 Å². The number of hydrogen-bond donors (Lipinski definition) is 7. The number of nitrogens with two attached hydrogens (primary N) is 1. The topological polar surface area (TPSA) is 301 Å². The van der Waals surface area contributed by atoms with E-state index in [-0.39, 0.29) is 75.2 Å². The Labute approximate surface area is 344 Å². The monoisotopic (exact) mass is 847 g/mol. The highest BCUT2D eigenvalue weighted by Crippen LogP contribution is 2.43. The summed E-state index contributed by atoms with van der Waals surface area (Å²) in [5, 5.41) is 54.6. The summed E-state index contributed by atoms with van der Waals surface area (Å²) in [6.07, 6.45) is -10.3. The molecule has 61 heavy (non-hydrogen) atoms. The van der Waals surface area contributed by atoms with E-state index in [1.807, 2.05) is 0 Å². The molecule has 0 unspecified atom stereocenters. The van der Waals surface area contributed by atoms with E-state index in [2.05, 4.69) is 5.32 Å². The van der Waals surface area contributed by atoms with Crippen molar-refractivity contribution in [1.82, 2.24) is 14.5 Å². The summed E-state index contributed by atoms with van der Waals surface area (Å²) in [6, 6.07) is 9.24. The largest absolute Gasteiger partial charge is 0.479 e. The molecule has 1 fully saturated rings. The minimum absolute atomic E-state index is 0.00319. The number of nitrogens with one attached hydrogen (secondary N) is 1. The Kier molecular flexibility index (Phi) is 10.8. The van der Waals surface area contributed by atoms with Gasteiger partial charge in [0.15, 0.2) is 23.2 Å². The Balaban J connectivity index is 1.07. The van der Waals surface area contributed by atoms with E-state index < -0.39 is 65.8 Å². The summed E-state index contributed by atoms with van der Waals surface area (Å²) >= 11 is 0. The van der Waals surface area contributed by atoms with Crippen LogP contribution in [0.5, 0.6) is 17.2 Å². The van der Waals surface area contributed by atoms with Crippen molar-refractivity contribution in [2.24, 2.45) is 5.73 Å². The van der Waals surface area contributed by atoms with E-state index >= 15 is 0 Å². The maximum atomic E-state index is 13.9. The van der Waals surface area contributed by atoms with Crippen molar-refractivity contribution in [3.05, 3.63) is 74.6 Å². The van der Waals surface area contributed by atoms with Gasteiger partial charge in [0, 0.05) is 42.1 Å². The fourth-order valence-corrected chi connectivity index (χ4v) is 7.70. The highest BCUT2D eigenvalue weighted by molar-refractivity contribution is 5.93. The van der Waals surface area contributed by atoms with Crippen LogP contribution in [-0.4, -0.2) is 115 Å². The average Bonchev–Trinajstić information content (AvgIpc) is 3.84. The van der Waals surface area contributed by atoms with Gasteiger partial charge in [0.25, 0.3) is 5.56 Å². The zero-order valence-corrected chi connectivity index (χ0v) is 32.7. The Morgan fingerprint density at radius 2 is 1.79 bits per heavy atom. The molecule has 0 spiro atoms. The van der Waals surface area contributed by atoms with Crippen LogP contribution in [0.4, 0.5) is 10.5 Å². The third-order valence-electron chi connectivity index (χ3n) is 11.0. The second kappa shape index (κ2) is 15.9. The molecule has 8 rings (SSSR count). The van der Waals surface area contributed by atoms with Crippen LogP contribution in [0.15, 0.2) is 41.2 Å². The summed E-state index contributed by atoms with van der Waals surface area (Å²) in [5.41, 5.74) is 6.11. The van der Waals surface area contributed by atoms with E-state index in [1.54, 1.807) is 25.1 Å². The molecule has 6 heterocycles. The molecule has 21 heteroatoms. The number of aromatic nitrogens is 2. The number of cyclic esters (lactones) is 1. The first-order valence-electron chi connectivity index (χ1n) is 19.2. The quantitative estimate of drug-likeness (QED) is 0.0870. The second-order valence-electron chi connectivity index (χ2n) is 14.9. The zero-order valence-electron chi connectivity index (χ0n) is 32.7. The molecule has 21 nitrogen and oxygen atoms in total. The lowest BCUT2D eigenvalue weighted by Crippen LogP contribution is -2.61. The molecule has 2 aromatic heterocycles. The average molecular weight is 848 g/mol. The predicted molar refractivity (Wildman–Crippen MR) is 206 cm³/mol. The fourth-order valence-electron chi connectivity index (χ4n) is 7.70. The van der Waals surface area contributed by atoms with Crippen LogP contribution < -0.4 is 30.8 Å². The number of pyridine rings is 2. The Morgan fingerprint density at radius 3 is 2.51 bits per heavy atom. The number of carboxylic acids is 1. The van der Waals surface area contributed by atoms with Crippen molar-refractivity contribution >= 4 is 40.5 Å². The third kappa shape index (κ3) is 7.34. The Morgan fingerprint density at radius 1 is 1.03 bits per heavy atom. The van der Waals surface area contributed by atoms with Crippen LogP contribution in [0, 0.1) is 0 Å². The molecule has 8 N–H and O–H groups in total. The molecule has 4 aliphatic rings. The number of aliphatic carboxylic acids is 1. The Bertz CT molecular complexity index is 2540. The van der Waals surface area contributed by atoms with Gasteiger partial charge in [-0.2, -0.15) is 0 Å². The van der Waals surface area contributed by atoms with Gasteiger partial charge in [-0.05, 0) is 49.2 Å². The number of benzene rings is 2. The van der Waals surface area contributed by atoms with E-state index in [9.17, 15) is 49.5 Å². The number of nitrogens with zero attached hydrogens (tertiary/aromatic N) is 3. The third-order valence-corrected chi connectivity index (χ3v) is 11.0.